The first kappa shape index (κ1) is 17.6. The third kappa shape index (κ3) is 3.17. The fourth-order valence-electron chi connectivity index (χ4n) is 3.78. The minimum atomic E-state index is -0.565. The van der Waals surface area contributed by atoms with Crippen LogP contribution >= 0.6 is 0 Å². The van der Waals surface area contributed by atoms with Crippen LogP contribution in [0.5, 0.6) is 0 Å². The van der Waals surface area contributed by atoms with Crippen molar-refractivity contribution < 1.29 is 23.9 Å². The van der Waals surface area contributed by atoms with Gasteiger partial charge in [-0.25, -0.2) is 9.18 Å². The molecule has 0 aromatic heterocycles. The summed E-state index contributed by atoms with van der Waals surface area (Å²) in [6.07, 6.45) is 0.876. The van der Waals surface area contributed by atoms with Gasteiger partial charge >= 0.3 is 6.09 Å². The molecule has 144 valence electrons. The molecule has 2 aliphatic heterocycles. The maximum atomic E-state index is 14.8. The zero-order valence-corrected chi connectivity index (χ0v) is 14.9. The summed E-state index contributed by atoms with van der Waals surface area (Å²) in [6.45, 7) is 2.88. The van der Waals surface area contributed by atoms with Crippen molar-refractivity contribution in [2.45, 2.75) is 25.9 Å². The SMILES string of the molecule is CC(=O)NC[C@H]1CN(c2ccc(N3C/C(=N\O)C4(CC4)C3)c(F)c2)C(=O)O1. The van der Waals surface area contributed by atoms with Gasteiger partial charge in [0.15, 0.2) is 0 Å². The Labute approximate surface area is 155 Å². The van der Waals surface area contributed by atoms with Crippen LogP contribution in [0.3, 0.4) is 0 Å². The Kier molecular flexibility index (Phi) is 4.16. The molecule has 4 rings (SSSR count). The number of nitrogens with one attached hydrogen (secondary N) is 1. The first-order valence-electron chi connectivity index (χ1n) is 8.90. The van der Waals surface area contributed by atoms with Crippen molar-refractivity contribution in [2.75, 3.05) is 36.0 Å². The van der Waals surface area contributed by atoms with E-state index < -0.39 is 18.0 Å². The molecule has 1 aliphatic carbocycles. The number of nitrogens with zero attached hydrogens (tertiary/aromatic N) is 3. The highest BCUT2D eigenvalue weighted by atomic mass is 19.1. The van der Waals surface area contributed by atoms with E-state index in [2.05, 4.69) is 10.5 Å². The number of anilines is 2. The van der Waals surface area contributed by atoms with Gasteiger partial charge < -0.3 is 20.2 Å². The van der Waals surface area contributed by atoms with Gasteiger partial charge in [-0.3, -0.25) is 9.69 Å². The Balaban J connectivity index is 1.48. The molecule has 1 saturated carbocycles. The molecule has 2 heterocycles. The number of carbonyl (C=O) groups excluding carboxylic acids is 2. The molecule has 1 spiro atoms. The highest BCUT2D eigenvalue weighted by Gasteiger charge is 2.54. The maximum Gasteiger partial charge on any atom is 0.414 e. The maximum absolute atomic E-state index is 14.8. The van der Waals surface area contributed by atoms with Gasteiger partial charge in [-0.2, -0.15) is 0 Å². The highest BCUT2D eigenvalue weighted by Crippen LogP contribution is 2.52. The molecule has 0 unspecified atom stereocenters. The lowest BCUT2D eigenvalue weighted by atomic mass is 10.1. The molecule has 8 nitrogen and oxygen atoms in total. The van der Waals surface area contributed by atoms with Gasteiger partial charge in [0.1, 0.15) is 11.9 Å². The number of hydrogen-bond donors (Lipinski definition) is 2. The number of hydrogen-bond acceptors (Lipinski definition) is 6. The Morgan fingerprint density at radius 1 is 1.48 bits per heavy atom. The van der Waals surface area contributed by atoms with Crippen molar-refractivity contribution in [3.05, 3.63) is 24.0 Å². The van der Waals surface area contributed by atoms with Crippen LogP contribution in [0.15, 0.2) is 23.4 Å². The van der Waals surface area contributed by atoms with E-state index in [0.717, 1.165) is 12.8 Å². The van der Waals surface area contributed by atoms with Gasteiger partial charge in [0.05, 0.1) is 36.7 Å². The number of benzene rings is 1. The quantitative estimate of drug-likeness (QED) is 0.616. The number of ether oxygens (including phenoxy) is 1. The number of amides is 2. The molecule has 27 heavy (non-hydrogen) atoms. The van der Waals surface area contributed by atoms with E-state index in [1.165, 1.54) is 17.9 Å². The topological polar surface area (TPSA) is 94.5 Å². The monoisotopic (exact) mass is 376 g/mol. The van der Waals surface area contributed by atoms with E-state index in [4.69, 9.17) is 4.74 Å². The molecule has 1 aromatic rings. The molecular weight excluding hydrogens is 355 g/mol. The van der Waals surface area contributed by atoms with E-state index >= 15 is 0 Å². The second-order valence-electron chi connectivity index (χ2n) is 7.37. The predicted octanol–water partition coefficient (Wildman–Crippen LogP) is 1.72. The number of cyclic esters (lactones) is 1. The van der Waals surface area contributed by atoms with Crippen LogP contribution in [-0.2, 0) is 9.53 Å². The summed E-state index contributed by atoms with van der Waals surface area (Å²) in [5, 5.41) is 15.2. The molecule has 1 atom stereocenters. The number of halogens is 1. The van der Waals surface area contributed by atoms with Gasteiger partial charge in [-0.05, 0) is 31.0 Å². The fraction of sp³-hybridized carbons (Fsp3) is 0.500. The van der Waals surface area contributed by atoms with Crippen molar-refractivity contribution >= 4 is 29.1 Å². The van der Waals surface area contributed by atoms with Crippen LogP contribution in [-0.4, -0.2) is 55.2 Å². The Bertz CT molecular complexity index is 824. The van der Waals surface area contributed by atoms with E-state index in [1.54, 1.807) is 12.1 Å². The molecule has 0 bridgehead atoms. The summed E-state index contributed by atoms with van der Waals surface area (Å²) < 4.78 is 20.0. The van der Waals surface area contributed by atoms with Crippen molar-refractivity contribution in [2.24, 2.45) is 10.6 Å². The Morgan fingerprint density at radius 3 is 2.85 bits per heavy atom. The molecule has 2 N–H and O–H groups in total. The zero-order valence-electron chi connectivity index (χ0n) is 14.9. The van der Waals surface area contributed by atoms with Gasteiger partial charge in [-0.1, -0.05) is 5.16 Å². The van der Waals surface area contributed by atoms with Gasteiger partial charge in [0.2, 0.25) is 5.91 Å². The number of oxime groups is 1. The second-order valence-corrected chi connectivity index (χ2v) is 7.37. The fourth-order valence-corrected chi connectivity index (χ4v) is 3.78. The van der Waals surface area contributed by atoms with E-state index in [1.807, 2.05) is 4.90 Å². The van der Waals surface area contributed by atoms with Crippen LogP contribution in [0.1, 0.15) is 19.8 Å². The van der Waals surface area contributed by atoms with Crippen molar-refractivity contribution in [1.29, 1.82) is 0 Å². The number of rotatable bonds is 4. The first-order valence-corrected chi connectivity index (χ1v) is 8.90. The first-order chi connectivity index (χ1) is 12.9. The predicted molar refractivity (Wildman–Crippen MR) is 95.8 cm³/mol. The summed E-state index contributed by atoms with van der Waals surface area (Å²) in [6, 6.07) is 4.62. The third-order valence-electron chi connectivity index (χ3n) is 5.46. The summed E-state index contributed by atoms with van der Waals surface area (Å²) in [7, 11) is 0. The Hall–Kier alpha value is -2.84. The molecule has 3 fully saturated rings. The molecule has 2 saturated heterocycles. The summed E-state index contributed by atoms with van der Waals surface area (Å²) in [4.78, 5) is 26.3. The smallest absolute Gasteiger partial charge is 0.414 e. The standard InChI is InChI=1S/C18H21FN4O4/c1-11(24)20-7-13-8-23(17(25)27-13)12-2-3-15(14(19)6-12)22-9-16(21-26)18(10-22)4-5-18/h2-3,6,13,26H,4-5,7-10H2,1H3,(H,20,24)/b21-16+/t13-/m0/s1. The zero-order chi connectivity index (χ0) is 19.2. The van der Waals surface area contributed by atoms with E-state index in [0.29, 0.717) is 30.2 Å². The minimum absolute atomic E-state index is 0.102. The lowest BCUT2D eigenvalue weighted by molar-refractivity contribution is -0.119. The average molecular weight is 376 g/mol. The van der Waals surface area contributed by atoms with Crippen molar-refractivity contribution in [3.63, 3.8) is 0 Å². The summed E-state index contributed by atoms with van der Waals surface area (Å²) in [5.41, 5.74) is 1.43. The third-order valence-corrected chi connectivity index (χ3v) is 5.46. The Morgan fingerprint density at radius 2 is 2.26 bits per heavy atom. The van der Waals surface area contributed by atoms with E-state index in [9.17, 15) is 19.2 Å². The van der Waals surface area contributed by atoms with Crippen LogP contribution < -0.4 is 15.1 Å². The van der Waals surface area contributed by atoms with Crippen LogP contribution in [0.2, 0.25) is 0 Å². The molecule has 9 heteroatoms. The lowest BCUT2D eigenvalue weighted by Crippen LogP contribution is -2.33. The van der Waals surface area contributed by atoms with E-state index in [-0.39, 0.29) is 24.4 Å². The average Bonchev–Trinajstić information content (AvgIpc) is 3.16. The van der Waals surface area contributed by atoms with Gasteiger partial charge in [0, 0.05) is 18.9 Å². The largest absolute Gasteiger partial charge is 0.442 e. The van der Waals surface area contributed by atoms with Gasteiger partial charge in [-0.15, -0.1) is 0 Å². The molecule has 1 aromatic carbocycles. The summed E-state index contributed by atoms with van der Waals surface area (Å²) >= 11 is 0. The number of carbonyl (C=O) groups is 2. The molecule has 3 aliphatic rings. The van der Waals surface area contributed by atoms with Crippen LogP contribution in [0.25, 0.3) is 0 Å². The highest BCUT2D eigenvalue weighted by molar-refractivity contribution is 5.99. The summed E-state index contributed by atoms with van der Waals surface area (Å²) in [5.74, 6) is -0.648. The minimum Gasteiger partial charge on any atom is -0.442 e. The molecule has 2 amide bonds. The van der Waals surface area contributed by atoms with Gasteiger partial charge in [0.25, 0.3) is 0 Å². The van der Waals surface area contributed by atoms with Crippen LogP contribution in [0.4, 0.5) is 20.6 Å². The lowest BCUT2D eigenvalue weighted by Gasteiger charge is -2.20. The second kappa shape index (κ2) is 6.40. The van der Waals surface area contributed by atoms with Crippen molar-refractivity contribution in [1.82, 2.24) is 5.32 Å². The molecule has 0 radical (unpaired) electrons. The normalized spacial score (nSPS) is 24.6. The van der Waals surface area contributed by atoms with Crippen LogP contribution in [0, 0.1) is 11.2 Å². The molecular formula is C18H21FN4O4. The van der Waals surface area contributed by atoms with Crippen molar-refractivity contribution in [3.8, 4) is 0 Å².